The lowest BCUT2D eigenvalue weighted by Crippen LogP contribution is -2.17. The zero-order valence-electron chi connectivity index (χ0n) is 8.33. The summed E-state index contributed by atoms with van der Waals surface area (Å²) in [5, 5.41) is 2.72. The van der Waals surface area contributed by atoms with Crippen molar-refractivity contribution >= 4 is 17.3 Å². The number of methoxy groups -OCH3 is 1. The number of benzene rings is 1. The van der Waals surface area contributed by atoms with Gasteiger partial charge >= 0.3 is 0 Å². The molecule has 0 bridgehead atoms. The number of hydrogen-bond donors (Lipinski definition) is 2. The third-order valence-electron chi connectivity index (χ3n) is 1.80. The second-order valence-corrected chi connectivity index (χ2v) is 3.06. The van der Waals surface area contributed by atoms with Crippen molar-refractivity contribution in [1.29, 1.82) is 0 Å². The van der Waals surface area contributed by atoms with Crippen molar-refractivity contribution in [2.75, 3.05) is 24.8 Å². The Bertz CT molecular complexity index is 337. The first-order valence-corrected chi connectivity index (χ1v) is 4.28. The average Bonchev–Trinajstić information content (AvgIpc) is 2.10. The standard InChI is InChI=1S/C10H14N2O2/c1-7-5-8(11)3-4-9(7)12-10(13)6-14-2/h3-5H,6,11H2,1-2H3,(H,12,13). The van der Waals surface area contributed by atoms with E-state index in [2.05, 4.69) is 5.32 Å². The fourth-order valence-electron chi connectivity index (χ4n) is 1.14. The first kappa shape index (κ1) is 10.5. The second-order valence-electron chi connectivity index (χ2n) is 3.06. The fraction of sp³-hybridized carbons (Fsp3) is 0.300. The van der Waals surface area contributed by atoms with Crippen molar-refractivity contribution in [2.24, 2.45) is 0 Å². The predicted molar refractivity (Wildman–Crippen MR) is 56.1 cm³/mol. The van der Waals surface area contributed by atoms with Crippen molar-refractivity contribution in [1.82, 2.24) is 0 Å². The molecule has 0 unspecified atom stereocenters. The van der Waals surface area contributed by atoms with E-state index in [4.69, 9.17) is 10.5 Å². The van der Waals surface area contributed by atoms with E-state index in [0.717, 1.165) is 11.3 Å². The monoisotopic (exact) mass is 194 g/mol. The molecule has 76 valence electrons. The molecular formula is C10H14N2O2. The number of rotatable bonds is 3. The smallest absolute Gasteiger partial charge is 0.250 e. The van der Waals surface area contributed by atoms with Crippen LogP contribution < -0.4 is 11.1 Å². The quantitative estimate of drug-likeness (QED) is 0.710. The van der Waals surface area contributed by atoms with Crippen LogP contribution in [0.15, 0.2) is 18.2 Å². The number of amides is 1. The Kier molecular flexibility index (Phi) is 3.48. The summed E-state index contributed by atoms with van der Waals surface area (Å²) in [6.45, 7) is 1.95. The lowest BCUT2D eigenvalue weighted by atomic mass is 10.2. The van der Waals surface area contributed by atoms with Gasteiger partial charge in [-0.1, -0.05) is 0 Å². The Morgan fingerprint density at radius 3 is 2.86 bits per heavy atom. The van der Waals surface area contributed by atoms with Gasteiger partial charge in [-0.15, -0.1) is 0 Å². The molecule has 3 N–H and O–H groups in total. The molecule has 0 aliphatic rings. The maximum absolute atomic E-state index is 11.2. The molecule has 1 rings (SSSR count). The van der Waals surface area contributed by atoms with Gasteiger partial charge in [-0.05, 0) is 30.7 Å². The summed E-state index contributed by atoms with van der Waals surface area (Å²) in [5.74, 6) is -0.166. The molecule has 0 aromatic heterocycles. The molecule has 4 heteroatoms. The first-order valence-electron chi connectivity index (χ1n) is 4.28. The van der Waals surface area contributed by atoms with Crippen LogP contribution in [0.25, 0.3) is 0 Å². The second kappa shape index (κ2) is 4.62. The molecule has 0 aliphatic carbocycles. The zero-order chi connectivity index (χ0) is 10.6. The molecule has 0 saturated heterocycles. The van der Waals surface area contributed by atoms with Crippen molar-refractivity contribution in [2.45, 2.75) is 6.92 Å². The highest BCUT2D eigenvalue weighted by molar-refractivity contribution is 5.92. The van der Waals surface area contributed by atoms with Crippen molar-refractivity contribution in [3.63, 3.8) is 0 Å². The molecule has 0 radical (unpaired) electrons. The number of nitrogen functional groups attached to an aromatic ring is 1. The molecule has 0 spiro atoms. The van der Waals surface area contributed by atoms with Gasteiger partial charge in [-0.2, -0.15) is 0 Å². The summed E-state index contributed by atoms with van der Waals surface area (Å²) >= 11 is 0. The third-order valence-corrected chi connectivity index (χ3v) is 1.80. The summed E-state index contributed by atoms with van der Waals surface area (Å²) in [4.78, 5) is 11.2. The minimum absolute atomic E-state index is 0.0593. The van der Waals surface area contributed by atoms with Gasteiger partial charge in [-0.25, -0.2) is 0 Å². The van der Waals surface area contributed by atoms with Crippen LogP contribution in [0.2, 0.25) is 0 Å². The van der Waals surface area contributed by atoms with Gasteiger partial charge < -0.3 is 15.8 Å². The highest BCUT2D eigenvalue weighted by Gasteiger charge is 2.03. The maximum Gasteiger partial charge on any atom is 0.250 e. The van der Waals surface area contributed by atoms with E-state index in [-0.39, 0.29) is 12.5 Å². The maximum atomic E-state index is 11.2. The van der Waals surface area contributed by atoms with Gasteiger partial charge in [-0.3, -0.25) is 4.79 Å². The number of nitrogens with two attached hydrogens (primary N) is 1. The Labute approximate surface area is 83.1 Å². The number of carbonyl (C=O) groups is 1. The molecule has 0 saturated carbocycles. The highest BCUT2D eigenvalue weighted by atomic mass is 16.5. The lowest BCUT2D eigenvalue weighted by molar-refractivity contribution is -0.119. The van der Waals surface area contributed by atoms with Crippen molar-refractivity contribution in [3.8, 4) is 0 Å². The molecule has 1 aromatic carbocycles. The first-order chi connectivity index (χ1) is 6.63. The third kappa shape index (κ3) is 2.74. The topological polar surface area (TPSA) is 64.3 Å². The summed E-state index contributed by atoms with van der Waals surface area (Å²) in [6.07, 6.45) is 0. The van der Waals surface area contributed by atoms with Crippen LogP contribution in [0, 0.1) is 6.92 Å². The number of nitrogens with one attached hydrogen (secondary N) is 1. The molecule has 0 fully saturated rings. The van der Waals surface area contributed by atoms with E-state index in [1.165, 1.54) is 7.11 Å². The molecule has 4 nitrogen and oxygen atoms in total. The number of carbonyl (C=O) groups excluding carboxylic acids is 1. The van der Waals surface area contributed by atoms with Gasteiger partial charge in [0.1, 0.15) is 6.61 Å². The SMILES string of the molecule is COCC(=O)Nc1ccc(N)cc1C. The fourth-order valence-corrected chi connectivity index (χ4v) is 1.14. The molecule has 1 aromatic rings. The Hall–Kier alpha value is -1.55. The molecule has 0 heterocycles. The van der Waals surface area contributed by atoms with Gasteiger partial charge in [0.05, 0.1) is 0 Å². The van der Waals surface area contributed by atoms with Crippen LogP contribution >= 0.6 is 0 Å². The summed E-state index contributed by atoms with van der Waals surface area (Å²) in [5.41, 5.74) is 7.97. The lowest BCUT2D eigenvalue weighted by Gasteiger charge is -2.08. The predicted octanol–water partition coefficient (Wildman–Crippen LogP) is 1.16. The van der Waals surface area contributed by atoms with Gasteiger partial charge in [0.2, 0.25) is 5.91 Å². The van der Waals surface area contributed by atoms with Crippen LogP contribution in [0.3, 0.4) is 0 Å². The molecule has 0 aliphatic heterocycles. The number of ether oxygens (including phenoxy) is 1. The van der Waals surface area contributed by atoms with E-state index in [9.17, 15) is 4.79 Å². The van der Waals surface area contributed by atoms with Crippen LogP contribution in [0.1, 0.15) is 5.56 Å². The van der Waals surface area contributed by atoms with Crippen LogP contribution in [-0.4, -0.2) is 19.6 Å². The van der Waals surface area contributed by atoms with E-state index in [1.807, 2.05) is 13.0 Å². The van der Waals surface area contributed by atoms with Crippen LogP contribution in [0.4, 0.5) is 11.4 Å². The number of hydrogen-bond acceptors (Lipinski definition) is 3. The van der Waals surface area contributed by atoms with E-state index >= 15 is 0 Å². The van der Waals surface area contributed by atoms with Gasteiger partial charge in [0.25, 0.3) is 0 Å². The van der Waals surface area contributed by atoms with Gasteiger partial charge in [0.15, 0.2) is 0 Å². The normalized spacial score (nSPS) is 9.86. The average molecular weight is 194 g/mol. The highest BCUT2D eigenvalue weighted by Crippen LogP contribution is 2.17. The molecule has 0 atom stereocenters. The number of anilines is 2. The largest absolute Gasteiger partial charge is 0.399 e. The Morgan fingerprint density at radius 2 is 2.29 bits per heavy atom. The van der Waals surface area contributed by atoms with E-state index < -0.39 is 0 Å². The summed E-state index contributed by atoms with van der Waals surface area (Å²) in [7, 11) is 1.48. The van der Waals surface area contributed by atoms with Gasteiger partial charge in [0, 0.05) is 18.5 Å². The van der Waals surface area contributed by atoms with Crippen molar-refractivity contribution in [3.05, 3.63) is 23.8 Å². The molecule has 1 amide bonds. The summed E-state index contributed by atoms with van der Waals surface area (Å²) < 4.78 is 4.70. The minimum atomic E-state index is -0.166. The number of aryl methyl sites for hydroxylation is 1. The van der Waals surface area contributed by atoms with Crippen molar-refractivity contribution < 1.29 is 9.53 Å². The minimum Gasteiger partial charge on any atom is -0.399 e. The Balaban J connectivity index is 2.72. The molecular weight excluding hydrogens is 180 g/mol. The molecule has 14 heavy (non-hydrogen) atoms. The zero-order valence-corrected chi connectivity index (χ0v) is 8.33. The van der Waals surface area contributed by atoms with Crippen LogP contribution in [-0.2, 0) is 9.53 Å². The van der Waals surface area contributed by atoms with E-state index in [0.29, 0.717) is 5.69 Å². The summed E-state index contributed by atoms with van der Waals surface area (Å²) in [6, 6.07) is 5.33. The van der Waals surface area contributed by atoms with E-state index in [1.54, 1.807) is 12.1 Å². The Morgan fingerprint density at radius 1 is 1.57 bits per heavy atom. The van der Waals surface area contributed by atoms with Crippen LogP contribution in [0.5, 0.6) is 0 Å².